The van der Waals surface area contributed by atoms with Crippen molar-refractivity contribution in [2.24, 2.45) is 11.7 Å². The molecule has 8 nitrogen and oxygen atoms in total. The quantitative estimate of drug-likeness (QED) is 0.593. The molecule has 1 aliphatic rings. The average Bonchev–Trinajstić information content (AvgIpc) is 2.94. The zero-order chi connectivity index (χ0) is 17.0. The molecule has 1 atom stereocenters. The number of amides is 2. The smallest absolute Gasteiger partial charge is 0.283 e. The summed E-state index contributed by atoms with van der Waals surface area (Å²) in [5.74, 6) is -0.598. The van der Waals surface area contributed by atoms with E-state index in [-0.39, 0.29) is 35.8 Å². The van der Waals surface area contributed by atoms with Crippen molar-refractivity contribution in [2.45, 2.75) is 19.8 Å². The Morgan fingerprint density at radius 2 is 2.25 bits per heavy atom. The van der Waals surface area contributed by atoms with Crippen molar-refractivity contribution in [3.63, 3.8) is 0 Å². The first kappa shape index (κ1) is 20.3. The number of thiophene rings is 1. The summed E-state index contributed by atoms with van der Waals surface area (Å²) in [7, 11) is 0. The molecule has 0 aromatic carbocycles. The molecule has 1 fully saturated rings. The second kappa shape index (κ2) is 8.95. The van der Waals surface area contributed by atoms with E-state index in [0.717, 1.165) is 24.2 Å². The van der Waals surface area contributed by atoms with Crippen LogP contribution < -0.4 is 11.1 Å². The highest BCUT2D eigenvalue weighted by molar-refractivity contribution is 7.14. The Kier molecular flexibility index (Phi) is 7.59. The van der Waals surface area contributed by atoms with Crippen LogP contribution in [-0.2, 0) is 4.79 Å². The first-order chi connectivity index (χ1) is 10.9. The topological polar surface area (TPSA) is 119 Å². The predicted octanol–water partition coefficient (Wildman–Crippen LogP) is 1.31. The predicted molar refractivity (Wildman–Crippen MR) is 93.7 cm³/mol. The lowest BCUT2D eigenvalue weighted by atomic mass is 9.97. The summed E-state index contributed by atoms with van der Waals surface area (Å²) in [5, 5.41) is 13.6. The van der Waals surface area contributed by atoms with Crippen molar-refractivity contribution >= 4 is 41.2 Å². The van der Waals surface area contributed by atoms with Gasteiger partial charge >= 0.3 is 0 Å². The standard InChI is InChI=1S/C14H20N4O4S.ClH/c1-9-11(18(21)22)7-12(23-9)14(20)17-6-2-3-10(8-17)13(19)16-5-4-15;/h7,10H,2-6,8,15H2,1H3,(H,16,19);1H. The molecule has 3 N–H and O–H groups in total. The summed E-state index contributed by atoms with van der Waals surface area (Å²) in [6, 6.07) is 1.32. The van der Waals surface area contributed by atoms with Gasteiger partial charge < -0.3 is 16.0 Å². The van der Waals surface area contributed by atoms with Gasteiger partial charge in [-0.15, -0.1) is 23.7 Å². The number of hydrogen-bond donors (Lipinski definition) is 2. The van der Waals surface area contributed by atoms with Crippen LogP contribution in [0.4, 0.5) is 5.69 Å². The summed E-state index contributed by atoms with van der Waals surface area (Å²) >= 11 is 1.12. The maximum atomic E-state index is 12.5. The van der Waals surface area contributed by atoms with E-state index in [2.05, 4.69) is 5.32 Å². The number of hydrogen-bond acceptors (Lipinski definition) is 6. The SMILES string of the molecule is Cc1sc(C(=O)N2CCCC(C(=O)NCCN)C2)cc1[N+](=O)[O-].Cl. The molecule has 134 valence electrons. The van der Waals surface area contributed by atoms with Crippen molar-refractivity contribution in [1.82, 2.24) is 10.2 Å². The lowest BCUT2D eigenvalue weighted by Crippen LogP contribution is -2.46. The summed E-state index contributed by atoms with van der Waals surface area (Å²) in [4.78, 5) is 37.4. The third-order valence-electron chi connectivity index (χ3n) is 3.82. The second-order valence-corrected chi connectivity index (χ2v) is 6.74. The first-order valence-corrected chi connectivity index (χ1v) is 8.27. The van der Waals surface area contributed by atoms with Crippen LogP contribution in [0.2, 0.25) is 0 Å². The summed E-state index contributed by atoms with van der Waals surface area (Å²) in [6.07, 6.45) is 1.46. The molecule has 2 heterocycles. The molecule has 24 heavy (non-hydrogen) atoms. The van der Waals surface area contributed by atoms with E-state index < -0.39 is 4.92 Å². The molecule has 0 radical (unpaired) electrons. The summed E-state index contributed by atoms with van der Waals surface area (Å²) in [6.45, 7) is 3.31. The number of carbonyl (C=O) groups is 2. The van der Waals surface area contributed by atoms with Crippen molar-refractivity contribution < 1.29 is 14.5 Å². The van der Waals surface area contributed by atoms with Gasteiger partial charge in [0.1, 0.15) is 0 Å². The van der Waals surface area contributed by atoms with E-state index in [4.69, 9.17) is 5.73 Å². The van der Waals surface area contributed by atoms with Gasteiger partial charge in [-0.1, -0.05) is 0 Å². The van der Waals surface area contributed by atoms with E-state index in [9.17, 15) is 19.7 Å². The number of nitro groups is 1. The minimum absolute atomic E-state index is 0. The van der Waals surface area contributed by atoms with Gasteiger partial charge in [0.05, 0.1) is 20.6 Å². The molecule has 2 amide bonds. The molecule has 0 spiro atoms. The van der Waals surface area contributed by atoms with Crippen molar-refractivity contribution in [3.8, 4) is 0 Å². The zero-order valence-electron chi connectivity index (χ0n) is 13.3. The number of likely N-dealkylation sites (tertiary alicyclic amines) is 1. The monoisotopic (exact) mass is 376 g/mol. The van der Waals surface area contributed by atoms with E-state index in [1.807, 2.05) is 0 Å². The maximum absolute atomic E-state index is 12.5. The van der Waals surface area contributed by atoms with E-state index >= 15 is 0 Å². The number of nitrogens with two attached hydrogens (primary N) is 1. The second-order valence-electron chi connectivity index (χ2n) is 5.48. The average molecular weight is 377 g/mol. The highest BCUT2D eigenvalue weighted by atomic mass is 35.5. The lowest BCUT2D eigenvalue weighted by molar-refractivity contribution is -0.385. The van der Waals surface area contributed by atoms with E-state index in [1.54, 1.807) is 11.8 Å². The molecule has 1 unspecified atom stereocenters. The number of halogens is 1. The van der Waals surface area contributed by atoms with Crippen LogP contribution in [0, 0.1) is 23.0 Å². The van der Waals surface area contributed by atoms with E-state index in [1.165, 1.54) is 6.07 Å². The van der Waals surface area contributed by atoms with Gasteiger partial charge in [0.25, 0.3) is 11.6 Å². The molecular formula is C14H21ClN4O4S. The highest BCUT2D eigenvalue weighted by Crippen LogP contribution is 2.30. The number of nitrogens with one attached hydrogen (secondary N) is 1. The third-order valence-corrected chi connectivity index (χ3v) is 4.85. The Morgan fingerprint density at radius 1 is 1.54 bits per heavy atom. The van der Waals surface area contributed by atoms with Crippen molar-refractivity contribution in [1.29, 1.82) is 0 Å². The van der Waals surface area contributed by atoms with Gasteiger partial charge in [-0.2, -0.15) is 0 Å². The number of aryl methyl sites for hydroxylation is 1. The minimum atomic E-state index is -0.484. The fraction of sp³-hybridized carbons (Fsp3) is 0.571. The number of piperidine rings is 1. The van der Waals surface area contributed by atoms with Gasteiger partial charge in [0.2, 0.25) is 5.91 Å². The molecular weight excluding hydrogens is 356 g/mol. The molecule has 10 heteroatoms. The molecule has 0 aliphatic carbocycles. The Bertz CT molecular complexity index is 622. The molecule has 1 aromatic rings. The minimum Gasteiger partial charge on any atom is -0.355 e. The van der Waals surface area contributed by atoms with Crippen molar-refractivity contribution in [2.75, 3.05) is 26.2 Å². The summed E-state index contributed by atoms with van der Waals surface area (Å²) < 4.78 is 0. The van der Waals surface area contributed by atoms with Gasteiger partial charge in [-0.25, -0.2) is 0 Å². The molecule has 2 rings (SSSR count). The lowest BCUT2D eigenvalue weighted by Gasteiger charge is -2.31. The van der Waals surface area contributed by atoms with Crippen LogP contribution in [0.15, 0.2) is 6.07 Å². The van der Waals surface area contributed by atoms with Crippen LogP contribution in [-0.4, -0.2) is 47.8 Å². The largest absolute Gasteiger partial charge is 0.355 e. The highest BCUT2D eigenvalue weighted by Gasteiger charge is 2.30. The van der Waals surface area contributed by atoms with E-state index in [0.29, 0.717) is 35.9 Å². The molecule has 0 bridgehead atoms. The Balaban J connectivity index is 0.00000288. The molecule has 0 saturated carbocycles. The molecule has 1 saturated heterocycles. The molecule has 1 aromatic heterocycles. The summed E-state index contributed by atoms with van der Waals surface area (Å²) in [5.41, 5.74) is 5.33. The van der Waals surface area contributed by atoms with Gasteiger partial charge in [-0.3, -0.25) is 19.7 Å². The Labute approximate surface area is 149 Å². The van der Waals surface area contributed by atoms with Crippen LogP contribution >= 0.6 is 23.7 Å². The first-order valence-electron chi connectivity index (χ1n) is 7.46. The maximum Gasteiger partial charge on any atom is 0.283 e. The van der Waals surface area contributed by atoms with Crippen LogP contribution in [0.25, 0.3) is 0 Å². The Hall–Kier alpha value is -1.71. The fourth-order valence-corrected chi connectivity index (χ4v) is 3.59. The Morgan fingerprint density at radius 3 is 2.83 bits per heavy atom. The van der Waals surface area contributed by atoms with Crippen LogP contribution in [0.1, 0.15) is 27.4 Å². The normalized spacial score (nSPS) is 17.1. The number of nitrogens with zero attached hydrogens (tertiary/aromatic N) is 2. The van der Waals surface area contributed by atoms with Gasteiger partial charge in [0.15, 0.2) is 0 Å². The van der Waals surface area contributed by atoms with Crippen LogP contribution in [0.5, 0.6) is 0 Å². The van der Waals surface area contributed by atoms with Gasteiger partial charge in [0, 0.05) is 32.2 Å². The fourth-order valence-electron chi connectivity index (χ4n) is 2.63. The number of rotatable bonds is 5. The third kappa shape index (κ3) is 4.65. The molecule has 1 aliphatic heterocycles. The zero-order valence-corrected chi connectivity index (χ0v) is 15.0. The van der Waals surface area contributed by atoms with Gasteiger partial charge in [-0.05, 0) is 19.8 Å². The number of carbonyl (C=O) groups excluding carboxylic acids is 2. The van der Waals surface area contributed by atoms with Crippen LogP contribution in [0.3, 0.4) is 0 Å². The van der Waals surface area contributed by atoms with Crippen molar-refractivity contribution in [3.05, 3.63) is 25.9 Å².